The van der Waals surface area contributed by atoms with Gasteiger partial charge in [-0.2, -0.15) is 0 Å². The van der Waals surface area contributed by atoms with Gasteiger partial charge in [0.2, 0.25) is 0 Å². The van der Waals surface area contributed by atoms with Crippen molar-refractivity contribution in [1.29, 1.82) is 0 Å². The van der Waals surface area contributed by atoms with Crippen molar-refractivity contribution in [3.63, 3.8) is 0 Å². The molecule has 0 aliphatic heterocycles. The summed E-state index contributed by atoms with van der Waals surface area (Å²) in [6.07, 6.45) is 3.61. The molecule has 1 fully saturated rings. The lowest BCUT2D eigenvalue weighted by Crippen LogP contribution is -2.35. The molecule has 3 N–H and O–H groups in total. The van der Waals surface area contributed by atoms with Crippen LogP contribution in [0.2, 0.25) is 0 Å². The molecule has 0 aromatic heterocycles. The molecule has 2 atom stereocenters. The summed E-state index contributed by atoms with van der Waals surface area (Å²) in [4.78, 5) is 0. The van der Waals surface area contributed by atoms with Gasteiger partial charge in [0.15, 0.2) is 0 Å². The number of hydrogen-bond donors (Lipinski definition) is 2. The monoisotopic (exact) mass is 190 g/mol. The van der Waals surface area contributed by atoms with Crippen LogP contribution in [0, 0.1) is 6.92 Å². The number of anilines is 1. The minimum atomic E-state index is 0.329. The van der Waals surface area contributed by atoms with Gasteiger partial charge in [-0.1, -0.05) is 12.1 Å². The minimum Gasteiger partial charge on any atom is -0.381 e. The molecule has 1 aromatic rings. The van der Waals surface area contributed by atoms with Gasteiger partial charge in [-0.3, -0.25) is 0 Å². The van der Waals surface area contributed by atoms with E-state index in [4.69, 9.17) is 5.73 Å². The second-order valence-electron chi connectivity index (χ2n) is 4.22. The Balaban J connectivity index is 2.03. The molecule has 0 saturated heterocycles. The molecular formula is C12H18N2. The summed E-state index contributed by atoms with van der Waals surface area (Å²) in [7, 11) is 0. The van der Waals surface area contributed by atoms with Crippen LogP contribution in [0.4, 0.5) is 5.69 Å². The fourth-order valence-electron chi connectivity index (χ4n) is 2.12. The maximum absolute atomic E-state index is 6.00. The molecule has 0 unspecified atom stereocenters. The highest BCUT2D eigenvalue weighted by molar-refractivity contribution is 5.46. The summed E-state index contributed by atoms with van der Waals surface area (Å²) in [5, 5.41) is 3.51. The average Bonchev–Trinajstić information content (AvgIpc) is 2.52. The maximum Gasteiger partial charge on any atom is 0.0412 e. The topological polar surface area (TPSA) is 38.0 Å². The van der Waals surface area contributed by atoms with Crippen LogP contribution in [0.25, 0.3) is 0 Å². The fourth-order valence-corrected chi connectivity index (χ4v) is 2.12. The molecule has 2 nitrogen and oxygen atoms in total. The molecule has 0 radical (unpaired) electrons. The summed E-state index contributed by atoms with van der Waals surface area (Å²) in [6, 6.07) is 9.27. The molecule has 76 valence electrons. The Morgan fingerprint density at radius 2 is 2.21 bits per heavy atom. The first-order valence-corrected chi connectivity index (χ1v) is 5.34. The van der Waals surface area contributed by atoms with Crippen molar-refractivity contribution in [2.45, 2.75) is 38.3 Å². The third-order valence-electron chi connectivity index (χ3n) is 2.94. The van der Waals surface area contributed by atoms with Crippen molar-refractivity contribution >= 4 is 5.69 Å². The van der Waals surface area contributed by atoms with Crippen LogP contribution in [0.5, 0.6) is 0 Å². The molecule has 2 rings (SSSR count). The van der Waals surface area contributed by atoms with Gasteiger partial charge in [0.05, 0.1) is 0 Å². The van der Waals surface area contributed by atoms with Crippen LogP contribution in [0.3, 0.4) is 0 Å². The number of nitrogens with one attached hydrogen (secondary N) is 1. The first-order valence-electron chi connectivity index (χ1n) is 5.34. The van der Waals surface area contributed by atoms with E-state index in [2.05, 4.69) is 36.5 Å². The SMILES string of the molecule is Cc1cccc(N[C@H]2CCC[C@@H]2N)c1. The van der Waals surface area contributed by atoms with Crippen LogP contribution in [-0.4, -0.2) is 12.1 Å². The smallest absolute Gasteiger partial charge is 0.0412 e. The number of rotatable bonds is 2. The summed E-state index contributed by atoms with van der Waals surface area (Å²) < 4.78 is 0. The van der Waals surface area contributed by atoms with Crippen LogP contribution in [0.1, 0.15) is 24.8 Å². The highest BCUT2D eigenvalue weighted by atomic mass is 15.0. The van der Waals surface area contributed by atoms with Gasteiger partial charge >= 0.3 is 0 Å². The quantitative estimate of drug-likeness (QED) is 0.751. The zero-order chi connectivity index (χ0) is 9.97. The van der Waals surface area contributed by atoms with Gasteiger partial charge in [0.1, 0.15) is 0 Å². The largest absolute Gasteiger partial charge is 0.381 e. The molecule has 0 spiro atoms. The molecule has 0 amide bonds. The average molecular weight is 190 g/mol. The van der Waals surface area contributed by atoms with Gasteiger partial charge in [-0.25, -0.2) is 0 Å². The van der Waals surface area contributed by atoms with Crippen molar-refractivity contribution in [2.75, 3.05) is 5.32 Å². The van der Waals surface area contributed by atoms with Gasteiger partial charge in [0, 0.05) is 17.8 Å². The summed E-state index contributed by atoms with van der Waals surface area (Å²) in [5.41, 5.74) is 8.50. The Hall–Kier alpha value is -1.02. The van der Waals surface area contributed by atoms with Crippen molar-refractivity contribution in [2.24, 2.45) is 5.73 Å². The number of aryl methyl sites for hydroxylation is 1. The number of hydrogen-bond acceptors (Lipinski definition) is 2. The van der Waals surface area contributed by atoms with Crippen LogP contribution < -0.4 is 11.1 Å². The Morgan fingerprint density at radius 3 is 2.86 bits per heavy atom. The van der Waals surface area contributed by atoms with Crippen molar-refractivity contribution < 1.29 is 0 Å². The molecule has 1 aliphatic carbocycles. The lowest BCUT2D eigenvalue weighted by molar-refractivity contribution is 0.638. The van der Waals surface area contributed by atoms with Crippen molar-refractivity contribution in [3.05, 3.63) is 29.8 Å². The lowest BCUT2D eigenvalue weighted by Gasteiger charge is -2.18. The number of benzene rings is 1. The van der Waals surface area contributed by atoms with E-state index in [0.717, 1.165) is 6.42 Å². The molecule has 1 aromatic carbocycles. The molecule has 0 heterocycles. The van der Waals surface area contributed by atoms with E-state index in [1.807, 2.05) is 0 Å². The first-order chi connectivity index (χ1) is 6.75. The van der Waals surface area contributed by atoms with E-state index < -0.39 is 0 Å². The Labute approximate surface area is 85.5 Å². The Kier molecular flexibility index (Phi) is 2.73. The highest BCUT2D eigenvalue weighted by Crippen LogP contribution is 2.21. The van der Waals surface area contributed by atoms with E-state index in [9.17, 15) is 0 Å². The normalized spacial score (nSPS) is 26.4. The lowest BCUT2D eigenvalue weighted by atomic mass is 10.1. The van der Waals surface area contributed by atoms with E-state index in [-0.39, 0.29) is 0 Å². The fraction of sp³-hybridized carbons (Fsp3) is 0.500. The van der Waals surface area contributed by atoms with Crippen molar-refractivity contribution in [3.8, 4) is 0 Å². The molecule has 14 heavy (non-hydrogen) atoms. The summed E-state index contributed by atoms with van der Waals surface area (Å²) in [6.45, 7) is 2.11. The first kappa shape index (κ1) is 9.53. The van der Waals surface area contributed by atoms with Gasteiger partial charge < -0.3 is 11.1 Å². The Morgan fingerprint density at radius 1 is 1.36 bits per heavy atom. The predicted octanol–water partition coefficient (Wildman–Crippen LogP) is 2.29. The second-order valence-corrected chi connectivity index (χ2v) is 4.22. The third kappa shape index (κ3) is 2.07. The van der Waals surface area contributed by atoms with E-state index >= 15 is 0 Å². The summed E-state index contributed by atoms with van der Waals surface area (Å²) in [5.74, 6) is 0. The third-order valence-corrected chi connectivity index (χ3v) is 2.94. The zero-order valence-corrected chi connectivity index (χ0v) is 8.66. The van der Waals surface area contributed by atoms with Crippen LogP contribution >= 0.6 is 0 Å². The highest BCUT2D eigenvalue weighted by Gasteiger charge is 2.23. The van der Waals surface area contributed by atoms with E-state index in [0.29, 0.717) is 12.1 Å². The predicted molar refractivity (Wildman–Crippen MR) is 60.4 cm³/mol. The molecule has 1 saturated carbocycles. The molecule has 2 heteroatoms. The molecule has 0 bridgehead atoms. The second kappa shape index (κ2) is 4.01. The van der Waals surface area contributed by atoms with E-state index in [1.165, 1.54) is 24.1 Å². The van der Waals surface area contributed by atoms with Gasteiger partial charge in [-0.15, -0.1) is 0 Å². The van der Waals surface area contributed by atoms with E-state index in [1.54, 1.807) is 0 Å². The van der Waals surface area contributed by atoms with Gasteiger partial charge in [0.25, 0.3) is 0 Å². The summed E-state index contributed by atoms with van der Waals surface area (Å²) >= 11 is 0. The van der Waals surface area contributed by atoms with Crippen molar-refractivity contribution in [1.82, 2.24) is 0 Å². The number of nitrogens with two attached hydrogens (primary N) is 1. The minimum absolute atomic E-state index is 0.329. The molecule has 1 aliphatic rings. The maximum atomic E-state index is 6.00. The Bertz CT molecular complexity index is 309. The van der Waals surface area contributed by atoms with Crippen LogP contribution in [0.15, 0.2) is 24.3 Å². The standard InChI is InChI=1S/C12H18N2/c1-9-4-2-5-10(8-9)14-12-7-3-6-11(12)13/h2,4-5,8,11-12,14H,3,6-7,13H2,1H3/t11-,12-/m0/s1. The van der Waals surface area contributed by atoms with Crippen LogP contribution in [-0.2, 0) is 0 Å². The van der Waals surface area contributed by atoms with Gasteiger partial charge in [-0.05, 0) is 43.9 Å². The zero-order valence-electron chi connectivity index (χ0n) is 8.66. The molecular weight excluding hydrogens is 172 g/mol.